The highest BCUT2D eigenvalue weighted by Gasteiger charge is 2.17. The third-order valence-electron chi connectivity index (χ3n) is 4.11. The molecule has 25 heavy (non-hydrogen) atoms. The molecule has 0 radical (unpaired) electrons. The highest BCUT2D eigenvalue weighted by Crippen LogP contribution is 2.29. The molecule has 4 rings (SSSR count). The molecule has 0 aliphatic rings. The van der Waals surface area contributed by atoms with Crippen LogP contribution in [-0.4, -0.2) is 15.3 Å². The Balaban J connectivity index is 1.67. The van der Waals surface area contributed by atoms with Gasteiger partial charge in [0.05, 0.1) is 0 Å². The van der Waals surface area contributed by atoms with Crippen molar-refractivity contribution in [2.75, 3.05) is 5.73 Å². The van der Waals surface area contributed by atoms with Crippen molar-refractivity contribution in [3.8, 4) is 34.3 Å². The van der Waals surface area contributed by atoms with Crippen molar-refractivity contribution in [3.05, 3.63) is 59.7 Å². The number of hydrogen-bond acceptors (Lipinski definition) is 6. The summed E-state index contributed by atoms with van der Waals surface area (Å²) in [5, 5.41) is 8.07. The molecule has 124 valence electrons. The second-order valence-electron chi connectivity index (χ2n) is 5.89. The lowest BCUT2D eigenvalue weighted by atomic mass is 10.1. The smallest absolute Gasteiger partial charge is 0.280 e. The second kappa shape index (κ2) is 5.90. The van der Waals surface area contributed by atoms with Gasteiger partial charge in [-0.25, -0.2) is 0 Å². The molecule has 0 aliphatic carbocycles. The summed E-state index contributed by atoms with van der Waals surface area (Å²) >= 11 is 0. The zero-order valence-electron chi connectivity index (χ0n) is 13.9. The predicted octanol–water partition coefficient (Wildman–Crippen LogP) is 4.26. The molecule has 2 N–H and O–H groups in total. The predicted molar refractivity (Wildman–Crippen MR) is 94.6 cm³/mol. The van der Waals surface area contributed by atoms with Crippen LogP contribution >= 0.6 is 0 Å². The third kappa shape index (κ3) is 2.78. The molecule has 2 heterocycles. The van der Waals surface area contributed by atoms with Crippen LogP contribution in [0.3, 0.4) is 0 Å². The van der Waals surface area contributed by atoms with Gasteiger partial charge in [-0.3, -0.25) is 0 Å². The van der Waals surface area contributed by atoms with Crippen molar-refractivity contribution >= 4 is 5.69 Å². The number of nitrogens with two attached hydrogens (primary N) is 1. The van der Waals surface area contributed by atoms with Crippen LogP contribution in [-0.2, 0) is 0 Å². The molecule has 0 unspecified atom stereocenters. The summed E-state index contributed by atoms with van der Waals surface area (Å²) < 4.78 is 10.7. The summed E-state index contributed by atoms with van der Waals surface area (Å²) in [7, 11) is 0. The van der Waals surface area contributed by atoms with Crippen LogP contribution in [0.15, 0.2) is 57.6 Å². The van der Waals surface area contributed by atoms with Crippen molar-refractivity contribution in [3.63, 3.8) is 0 Å². The minimum atomic E-state index is 0.305. The molecule has 4 aromatic rings. The topological polar surface area (TPSA) is 91.0 Å². The summed E-state index contributed by atoms with van der Waals surface area (Å²) in [5.41, 5.74) is 11.0. The normalized spacial score (nSPS) is 11.0. The molecule has 0 aliphatic heterocycles. The fourth-order valence-electron chi connectivity index (χ4n) is 2.56. The molecular formula is C19H16N4O2. The number of benzene rings is 2. The van der Waals surface area contributed by atoms with Gasteiger partial charge in [-0.15, -0.1) is 0 Å². The Hall–Kier alpha value is -3.41. The number of nitrogen functional groups attached to an aromatic ring is 1. The SMILES string of the molecule is Cc1ccc(-c2cc(-c3nc(-c4cccc(N)c4C)no3)no2)cc1. The summed E-state index contributed by atoms with van der Waals surface area (Å²) in [5.74, 6) is 1.42. The molecule has 6 nitrogen and oxygen atoms in total. The third-order valence-corrected chi connectivity index (χ3v) is 4.11. The first-order valence-corrected chi connectivity index (χ1v) is 7.85. The summed E-state index contributed by atoms with van der Waals surface area (Å²) in [4.78, 5) is 4.42. The first-order chi connectivity index (χ1) is 12.1. The molecule has 0 bridgehead atoms. The number of anilines is 1. The molecule has 0 atom stereocenters. The number of rotatable bonds is 3. The van der Waals surface area contributed by atoms with Gasteiger partial charge < -0.3 is 14.8 Å². The minimum absolute atomic E-state index is 0.305. The van der Waals surface area contributed by atoms with Crippen LogP contribution in [0.2, 0.25) is 0 Å². The Kier molecular flexibility index (Phi) is 3.57. The van der Waals surface area contributed by atoms with Crippen molar-refractivity contribution in [1.29, 1.82) is 0 Å². The zero-order chi connectivity index (χ0) is 17.4. The maximum atomic E-state index is 5.94. The van der Waals surface area contributed by atoms with Gasteiger partial charge in [-0.2, -0.15) is 4.98 Å². The summed E-state index contributed by atoms with van der Waals surface area (Å²) in [6.07, 6.45) is 0. The lowest BCUT2D eigenvalue weighted by molar-refractivity contribution is 0.411. The van der Waals surface area contributed by atoms with Crippen LogP contribution in [0.1, 0.15) is 11.1 Å². The van der Waals surface area contributed by atoms with Crippen LogP contribution in [0.5, 0.6) is 0 Å². The van der Waals surface area contributed by atoms with Gasteiger partial charge in [0.2, 0.25) is 5.82 Å². The van der Waals surface area contributed by atoms with Gasteiger partial charge in [-0.05, 0) is 25.5 Å². The molecule has 0 saturated heterocycles. The maximum Gasteiger partial charge on any atom is 0.280 e. The van der Waals surface area contributed by atoms with Crippen molar-refractivity contribution < 1.29 is 9.05 Å². The minimum Gasteiger partial charge on any atom is -0.398 e. The van der Waals surface area contributed by atoms with E-state index < -0.39 is 0 Å². The van der Waals surface area contributed by atoms with E-state index in [1.54, 1.807) is 6.07 Å². The van der Waals surface area contributed by atoms with Crippen molar-refractivity contribution in [2.24, 2.45) is 0 Å². The highest BCUT2D eigenvalue weighted by molar-refractivity contribution is 5.69. The van der Waals surface area contributed by atoms with E-state index in [0.717, 1.165) is 16.7 Å². The Morgan fingerprint density at radius 3 is 2.52 bits per heavy atom. The Bertz CT molecular complexity index is 1030. The lowest BCUT2D eigenvalue weighted by Gasteiger charge is -2.03. The van der Waals surface area contributed by atoms with Crippen molar-refractivity contribution in [1.82, 2.24) is 15.3 Å². The lowest BCUT2D eigenvalue weighted by Crippen LogP contribution is -1.92. The average Bonchev–Trinajstić information content (AvgIpc) is 3.27. The molecule has 0 saturated carbocycles. The highest BCUT2D eigenvalue weighted by atomic mass is 16.5. The standard InChI is InChI=1S/C19H16N4O2/c1-11-6-8-13(9-7-11)17-10-16(22-24-17)19-21-18(23-25-19)14-4-3-5-15(20)12(14)2/h3-10H,20H2,1-2H3. The molecule has 0 fully saturated rings. The molecule has 2 aromatic heterocycles. The number of aryl methyl sites for hydroxylation is 1. The monoisotopic (exact) mass is 332 g/mol. The molecular weight excluding hydrogens is 316 g/mol. The van der Waals surface area contributed by atoms with Gasteiger partial charge in [-0.1, -0.05) is 52.3 Å². The maximum absolute atomic E-state index is 5.94. The van der Waals surface area contributed by atoms with E-state index in [2.05, 4.69) is 15.3 Å². The van der Waals surface area contributed by atoms with Crippen molar-refractivity contribution in [2.45, 2.75) is 13.8 Å². The van der Waals surface area contributed by atoms with Gasteiger partial charge >= 0.3 is 0 Å². The van der Waals surface area contributed by atoms with E-state index in [1.165, 1.54) is 5.56 Å². The van der Waals surface area contributed by atoms with Crippen LogP contribution in [0.4, 0.5) is 5.69 Å². The quantitative estimate of drug-likeness (QED) is 0.564. The summed E-state index contributed by atoms with van der Waals surface area (Å²) in [6.45, 7) is 3.96. The van der Waals surface area contributed by atoms with Crippen LogP contribution in [0.25, 0.3) is 34.3 Å². The van der Waals surface area contributed by atoms with E-state index in [9.17, 15) is 0 Å². The molecule has 6 heteroatoms. The van der Waals surface area contributed by atoms with E-state index in [1.807, 2.05) is 56.3 Å². The van der Waals surface area contributed by atoms with Crippen LogP contribution < -0.4 is 5.73 Å². The molecule has 0 spiro atoms. The largest absolute Gasteiger partial charge is 0.398 e. The Morgan fingerprint density at radius 1 is 0.920 bits per heavy atom. The van der Waals surface area contributed by atoms with E-state index >= 15 is 0 Å². The Morgan fingerprint density at radius 2 is 1.72 bits per heavy atom. The van der Waals surface area contributed by atoms with E-state index in [0.29, 0.717) is 28.9 Å². The van der Waals surface area contributed by atoms with E-state index in [4.69, 9.17) is 14.8 Å². The van der Waals surface area contributed by atoms with Gasteiger partial charge in [0.25, 0.3) is 5.89 Å². The Labute approximate surface area is 144 Å². The zero-order valence-corrected chi connectivity index (χ0v) is 13.9. The number of aromatic nitrogens is 3. The van der Waals surface area contributed by atoms with E-state index in [-0.39, 0.29) is 0 Å². The summed E-state index contributed by atoms with van der Waals surface area (Å²) in [6, 6.07) is 15.4. The average molecular weight is 332 g/mol. The second-order valence-corrected chi connectivity index (χ2v) is 5.89. The number of hydrogen-bond donors (Lipinski definition) is 1. The fourth-order valence-corrected chi connectivity index (χ4v) is 2.56. The fraction of sp³-hybridized carbons (Fsp3) is 0.105. The van der Waals surface area contributed by atoms with Gasteiger partial charge in [0.1, 0.15) is 0 Å². The first-order valence-electron chi connectivity index (χ1n) is 7.85. The molecule has 0 amide bonds. The van der Waals surface area contributed by atoms with Gasteiger partial charge in [0, 0.05) is 22.9 Å². The number of nitrogens with zero attached hydrogens (tertiary/aromatic N) is 3. The molecule has 2 aromatic carbocycles. The van der Waals surface area contributed by atoms with Crippen LogP contribution in [0, 0.1) is 13.8 Å². The first kappa shape index (κ1) is 15.1. The van der Waals surface area contributed by atoms with Gasteiger partial charge in [0.15, 0.2) is 11.5 Å².